The molecule has 2 aromatic rings. The number of halogens is 1. The van der Waals surface area contributed by atoms with E-state index in [0.717, 1.165) is 0 Å². The number of aromatic nitrogens is 1. The van der Waals surface area contributed by atoms with Gasteiger partial charge in [-0.25, -0.2) is 4.39 Å². The molecule has 0 aliphatic rings. The molecular formula is C14H16FNO4. The van der Waals surface area contributed by atoms with Gasteiger partial charge in [0.05, 0.1) is 6.10 Å². The molecule has 0 radical (unpaired) electrons. The van der Waals surface area contributed by atoms with E-state index in [-0.39, 0.29) is 6.61 Å². The van der Waals surface area contributed by atoms with Gasteiger partial charge in [-0.15, -0.1) is 0 Å². The van der Waals surface area contributed by atoms with Gasteiger partial charge in [0, 0.05) is 18.7 Å². The van der Waals surface area contributed by atoms with Gasteiger partial charge in [-0.2, -0.15) is 0 Å². The van der Waals surface area contributed by atoms with Crippen LogP contribution >= 0.6 is 0 Å². The largest absolute Gasteiger partial charge is 0.487 e. The average Bonchev–Trinajstić information content (AvgIpc) is 2.85. The van der Waals surface area contributed by atoms with Crippen molar-refractivity contribution in [1.29, 1.82) is 0 Å². The highest BCUT2D eigenvalue weighted by molar-refractivity contribution is 5.35. The van der Waals surface area contributed by atoms with Gasteiger partial charge in [-0.3, -0.25) is 0 Å². The molecule has 0 bridgehead atoms. The minimum Gasteiger partial charge on any atom is -0.487 e. The van der Waals surface area contributed by atoms with E-state index >= 15 is 0 Å². The summed E-state index contributed by atoms with van der Waals surface area (Å²) in [4.78, 5) is 0. The zero-order valence-electron chi connectivity index (χ0n) is 11.3. The Balaban J connectivity index is 2.06. The molecule has 0 saturated carbocycles. The van der Waals surface area contributed by atoms with E-state index in [1.807, 2.05) is 0 Å². The van der Waals surface area contributed by atoms with Crippen LogP contribution in [0.2, 0.25) is 0 Å². The maximum Gasteiger partial charge on any atom is 0.162 e. The van der Waals surface area contributed by atoms with Crippen LogP contribution < -0.4 is 4.74 Å². The topological polar surface area (TPSA) is 64.7 Å². The summed E-state index contributed by atoms with van der Waals surface area (Å²) in [6.07, 6.45) is -0.818. The fourth-order valence-corrected chi connectivity index (χ4v) is 1.76. The number of nitrogens with zero attached hydrogens (tertiary/aromatic N) is 1. The minimum atomic E-state index is -0.818. The lowest BCUT2D eigenvalue weighted by atomic mass is 10.1. The Labute approximate surface area is 115 Å². The molecular weight excluding hydrogens is 265 g/mol. The number of benzene rings is 1. The van der Waals surface area contributed by atoms with Crippen LogP contribution in [0.15, 0.2) is 28.8 Å². The van der Waals surface area contributed by atoms with Crippen molar-refractivity contribution >= 4 is 0 Å². The van der Waals surface area contributed by atoms with Gasteiger partial charge >= 0.3 is 0 Å². The predicted octanol–water partition coefficient (Wildman–Crippen LogP) is 2.59. The third-order valence-electron chi connectivity index (χ3n) is 2.69. The Morgan fingerprint density at radius 2 is 2.15 bits per heavy atom. The van der Waals surface area contributed by atoms with Crippen LogP contribution in [0.4, 0.5) is 4.39 Å². The van der Waals surface area contributed by atoms with E-state index in [9.17, 15) is 9.50 Å². The number of methoxy groups -OCH3 is 1. The average molecular weight is 281 g/mol. The number of aliphatic hydroxyl groups is 1. The van der Waals surface area contributed by atoms with Gasteiger partial charge < -0.3 is 19.1 Å². The highest BCUT2D eigenvalue weighted by atomic mass is 19.1. The lowest BCUT2D eigenvalue weighted by molar-refractivity contribution is 0.155. The van der Waals surface area contributed by atoms with Crippen LogP contribution in [-0.4, -0.2) is 17.4 Å². The Bertz CT molecular complexity index is 568. The van der Waals surface area contributed by atoms with Gasteiger partial charge in [0.15, 0.2) is 5.76 Å². The second-order valence-electron chi connectivity index (χ2n) is 4.36. The van der Waals surface area contributed by atoms with Crippen molar-refractivity contribution < 1.29 is 23.5 Å². The second-order valence-corrected chi connectivity index (χ2v) is 4.36. The third-order valence-corrected chi connectivity index (χ3v) is 2.69. The lowest BCUT2D eigenvalue weighted by Gasteiger charge is -2.12. The summed E-state index contributed by atoms with van der Waals surface area (Å²) in [6.45, 7) is 2.05. The van der Waals surface area contributed by atoms with E-state index in [2.05, 4.69) is 5.16 Å². The van der Waals surface area contributed by atoms with Crippen LogP contribution in [0, 0.1) is 5.82 Å². The number of aliphatic hydroxyl groups excluding tert-OH is 1. The monoisotopic (exact) mass is 281 g/mol. The maximum atomic E-state index is 13.2. The highest BCUT2D eigenvalue weighted by Gasteiger charge is 2.12. The number of ether oxygens (including phenoxy) is 2. The first-order chi connectivity index (χ1) is 9.60. The fraction of sp³-hybridized carbons (Fsp3) is 0.357. The molecule has 1 N–H and O–H groups in total. The Morgan fingerprint density at radius 3 is 2.85 bits per heavy atom. The van der Waals surface area contributed by atoms with Gasteiger partial charge in [0.1, 0.15) is 30.5 Å². The molecule has 6 heteroatoms. The van der Waals surface area contributed by atoms with Crippen molar-refractivity contribution in [2.24, 2.45) is 0 Å². The Morgan fingerprint density at radius 1 is 1.35 bits per heavy atom. The van der Waals surface area contributed by atoms with Crippen LogP contribution in [0.1, 0.15) is 30.0 Å². The zero-order valence-corrected chi connectivity index (χ0v) is 11.3. The molecule has 0 aliphatic carbocycles. The SMILES string of the molecule is COCc1cc(COc2ccc(F)cc2[C@H](C)O)no1. The molecule has 5 nitrogen and oxygen atoms in total. The molecule has 0 unspecified atom stereocenters. The van der Waals surface area contributed by atoms with Gasteiger partial charge in [-0.05, 0) is 25.1 Å². The fourth-order valence-electron chi connectivity index (χ4n) is 1.76. The summed E-state index contributed by atoms with van der Waals surface area (Å²) >= 11 is 0. The molecule has 0 amide bonds. The number of hydrogen-bond acceptors (Lipinski definition) is 5. The van der Waals surface area contributed by atoms with Gasteiger partial charge in [0.2, 0.25) is 0 Å². The first-order valence-electron chi connectivity index (χ1n) is 6.14. The molecule has 20 heavy (non-hydrogen) atoms. The summed E-state index contributed by atoms with van der Waals surface area (Å²) in [5.74, 6) is 0.593. The normalized spacial score (nSPS) is 12.4. The molecule has 1 aromatic carbocycles. The summed E-state index contributed by atoms with van der Waals surface area (Å²) in [6, 6.07) is 5.72. The molecule has 1 heterocycles. The van der Waals surface area contributed by atoms with Crippen LogP contribution in [0.25, 0.3) is 0 Å². The molecule has 108 valence electrons. The van der Waals surface area contributed by atoms with Crippen molar-refractivity contribution in [1.82, 2.24) is 5.16 Å². The van der Waals surface area contributed by atoms with Crippen molar-refractivity contribution in [2.75, 3.05) is 7.11 Å². The molecule has 0 saturated heterocycles. The molecule has 0 spiro atoms. The first kappa shape index (κ1) is 14.5. The zero-order chi connectivity index (χ0) is 14.5. The molecule has 0 aliphatic heterocycles. The summed E-state index contributed by atoms with van der Waals surface area (Å²) in [5, 5.41) is 13.4. The standard InChI is InChI=1S/C14H16FNO4/c1-9(17)13-5-10(15)3-4-14(13)19-7-11-6-12(8-18-2)20-16-11/h3-6,9,17H,7-8H2,1-2H3/t9-/m0/s1. The maximum absolute atomic E-state index is 13.2. The van der Waals surface area contributed by atoms with Crippen LogP contribution in [0.3, 0.4) is 0 Å². The third kappa shape index (κ3) is 3.55. The lowest BCUT2D eigenvalue weighted by Crippen LogP contribution is -2.01. The van der Waals surface area contributed by atoms with E-state index in [1.54, 1.807) is 20.1 Å². The van der Waals surface area contributed by atoms with E-state index < -0.39 is 11.9 Å². The van der Waals surface area contributed by atoms with Crippen molar-refractivity contribution in [3.05, 3.63) is 47.1 Å². The van der Waals surface area contributed by atoms with Gasteiger partial charge in [-0.1, -0.05) is 5.16 Å². The number of rotatable bonds is 6. The smallest absolute Gasteiger partial charge is 0.162 e. The number of hydrogen-bond donors (Lipinski definition) is 1. The Hall–Kier alpha value is -1.92. The molecule has 1 atom stereocenters. The van der Waals surface area contributed by atoms with Crippen molar-refractivity contribution in [3.8, 4) is 5.75 Å². The summed E-state index contributed by atoms with van der Waals surface area (Å²) in [5.41, 5.74) is 0.989. The van der Waals surface area contributed by atoms with Crippen LogP contribution in [-0.2, 0) is 18.0 Å². The first-order valence-corrected chi connectivity index (χ1v) is 6.14. The highest BCUT2D eigenvalue weighted by Crippen LogP contribution is 2.26. The van der Waals surface area contributed by atoms with Crippen molar-refractivity contribution in [3.63, 3.8) is 0 Å². The van der Waals surface area contributed by atoms with Crippen LogP contribution in [0.5, 0.6) is 5.75 Å². The molecule has 0 fully saturated rings. The van der Waals surface area contributed by atoms with E-state index in [0.29, 0.717) is 29.4 Å². The van der Waals surface area contributed by atoms with Gasteiger partial charge in [0.25, 0.3) is 0 Å². The van der Waals surface area contributed by atoms with E-state index in [4.69, 9.17) is 14.0 Å². The molecule has 1 aromatic heterocycles. The van der Waals surface area contributed by atoms with E-state index in [1.165, 1.54) is 18.2 Å². The predicted molar refractivity (Wildman–Crippen MR) is 68.6 cm³/mol. The molecule has 2 rings (SSSR count). The summed E-state index contributed by atoms with van der Waals surface area (Å²) in [7, 11) is 1.56. The Kier molecular flexibility index (Phi) is 4.70. The second kappa shape index (κ2) is 6.49. The minimum absolute atomic E-state index is 0.165. The van der Waals surface area contributed by atoms with Crippen molar-refractivity contribution in [2.45, 2.75) is 26.2 Å². The summed E-state index contributed by atoms with van der Waals surface area (Å²) < 4.78 is 28.6. The quantitative estimate of drug-likeness (QED) is 0.881.